The lowest BCUT2D eigenvalue weighted by Crippen LogP contribution is -2.28. The van der Waals surface area contributed by atoms with E-state index in [-0.39, 0.29) is 35.2 Å². The summed E-state index contributed by atoms with van der Waals surface area (Å²) in [5, 5.41) is 34.6. The van der Waals surface area contributed by atoms with Crippen molar-refractivity contribution in [1.82, 2.24) is 15.4 Å². The van der Waals surface area contributed by atoms with Crippen molar-refractivity contribution in [2.75, 3.05) is 7.11 Å². The van der Waals surface area contributed by atoms with Gasteiger partial charge in [0.1, 0.15) is 28.3 Å². The Morgan fingerprint density at radius 2 is 1.69 bits per heavy atom. The van der Waals surface area contributed by atoms with E-state index in [4.69, 9.17) is 4.74 Å². The number of carbonyl (C=O) groups excluding carboxylic acids is 1. The zero-order valence-electron chi connectivity index (χ0n) is 24.5. The Bertz CT molecular complexity index is 1710. The molecule has 0 aliphatic carbocycles. The molecule has 1 atom stereocenters. The molecule has 0 aliphatic heterocycles. The second-order valence-electron chi connectivity index (χ2n) is 11.3. The molecule has 1 aromatic heterocycles. The van der Waals surface area contributed by atoms with Crippen molar-refractivity contribution < 1.29 is 19.7 Å². The first-order valence-corrected chi connectivity index (χ1v) is 14.4. The van der Waals surface area contributed by atoms with E-state index in [1.165, 1.54) is 7.11 Å². The van der Waals surface area contributed by atoms with Crippen LogP contribution in [0.15, 0.2) is 78.9 Å². The fraction of sp³-hybridized carbons (Fsp3) is 0.286. The summed E-state index contributed by atoms with van der Waals surface area (Å²) in [6, 6.07) is 23.9. The summed E-state index contributed by atoms with van der Waals surface area (Å²) in [5.74, 6) is 0.238. The first-order chi connectivity index (χ1) is 20.3. The van der Waals surface area contributed by atoms with Crippen LogP contribution in [0.2, 0.25) is 0 Å². The molecule has 4 aromatic carbocycles. The van der Waals surface area contributed by atoms with Gasteiger partial charge in [-0.15, -0.1) is 0 Å². The quantitative estimate of drug-likeness (QED) is 0.144. The number of aromatic nitrogens is 3. The Balaban J connectivity index is 1.56. The van der Waals surface area contributed by atoms with E-state index in [2.05, 4.69) is 42.2 Å². The normalized spacial score (nSPS) is 12.4. The van der Waals surface area contributed by atoms with Crippen LogP contribution >= 0.6 is 0 Å². The average Bonchev–Trinajstić information content (AvgIpc) is 3.49. The smallest absolute Gasteiger partial charge is 0.196 e. The van der Waals surface area contributed by atoms with Gasteiger partial charge >= 0.3 is 0 Å². The number of ketones is 1. The third-order valence-corrected chi connectivity index (χ3v) is 8.39. The molecule has 0 spiro atoms. The number of hydrogen-bond donors (Lipinski definition) is 3. The number of phenolic OH excluding ortho intramolecular Hbond substituents is 2. The number of nitrogens with zero attached hydrogens (tertiary/aromatic N) is 2. The Hall–Kier alpha value is -4.65. The number of aromatic amines is 1. The summed E-state index contributed by atoms with van der Waals surface area (Å²) in [7, 11) is 1.53. The predicted molar refractivity (Wildman–Crippen MR) is 165 cm³/mol. The van der Waals surface area contributed by atoms with E-state index in [0.29, 0.717) is 22.4 Å². The molecule has 0 bridgehead atoms. The van der Waals surface area contributed by atoms with E-state index in [0.717, 1.165) is 41.4 Å². The van der Waals surface area contributed by atoms with Crippen molar-refractivity contribution in [3.05, 3.63) is 112 Å². The number of unbranched alkanes of at least 4 members (excludes halogenated alkanes) is 1. The minimum absolute atomic E-state index is 0.0576. The topological polar surface area (TPSA) is 108 Å². The molecule has 5 aromatic rings. The number of ether oxygens (including phenoxy) is 1. The first-order valence-electron chi connectivity index (χ1n) is 14.4. The highest BCUT2D eigenvalue weighted by molar-refractivity contribution is 6.11. The van der Waals surface area contributed by atoms with Crippen molar-refractivity contribution >= 4 is 16.8 Å². The van der Waals surface area contributed by atoms with Gasteiger partial charge in [0.2, 0.25) is 0 Å². The number of rotatable bonds is 11. The maximum atomic E-state index is 13.2. The maximum Gasteiger partial charge on any atom is 0.196 e. The van der Waals surface area contributed by atoms with Gasteiger partial charge in [0.25, 0.3) is 0 Å². The molecule has 0 aliphatic rings. The molecule has 7 nitrogen and oxygen atoms in total. The summed E-state index contributed by atoms with van der Waals surface area (Å²) in [5.41, 5.74) is 4.83. The number of carbonyl (C=O) groups is 1. The van der Waals surface area contributed by atoms with Gasteiger partial charge < -0.3 is 14.9 Å². The lowest BCUT2D eigenvalue weighted by molar-refractivity contribution is 0.103. The van der Waals surface area contributed by atoms with Crippen LogP contribution in [0, 0.1) is 0 Å². The third kappa shape index (κ3) is 5.34. The number of phenols is 2. The third-order valence-electron chi connectivity index (χ3n) is 8.39. The van der Waals surface area contributed by atoms with Gasteiger partial charge in [-0.2, -0.15) is 15.4 Å². The fourth-order valence-corrected chi connectivity index (χ4v) is 6.02. The van der Waals surface area contributed by atoms with Crippen LogP contribution in [0.1, 0.15) is 84.1 Å². The number of methoxy groups -OCH3 is 1. The predicted octanol–water partition coefficient (Wildman–Crippen LogP) is 7.45. The summed E-state index contributed by atoms with van der Waals surface area (Å²) < 4.78 is 5.58. The molecule has 216 valence electrons. The van der Waals surface area contributed by atoms with E-state index in [9.17, 15) is 15.0 Å². The molecule has 5 rings (SSSR count). The minimum atomic E-state index is -0.472. The lowest BCUT2D eigenvalue weighted by atomic mass is 9.67. The van der Waals surface area contributed by atoms with Crippen molar-refractivity contribution in [1.29, 1.82) is 0 Å². The molecule has 0 amide bonds. The summed E-state index contributed by atoms with van der Waals surface area (Å²) in [6.07, 6.45) is 3.16. The van der Waals surface area contributed by atoms with Gasteiger partial charge in [-0.25, -0.2) is 0 Å². The molecule has 1 heterocycles. The van der Waals surface area contributed by atoms with Crippen LogP contribution in [0.4, 0.5) is 0 Å². The molecular weight excluding hydrogens is 526 g/mol. The van der Waals surface area contributed by atoms with Gasteiger partial charge in [0.05, 0.1) is 12.7 Å². The number of para-hydroxylation sites is 2. The molecule has 0 saturated heterocycles. The number of fused-ring (bicyclic) bond motifs is 1. The molecule has 0 radical (unpaired) electrons. The molecular formula is C35H37N3O4. The van der Waals surface area contributed by atoms with Crippen molar-refractivity contribution in [2.24, 2.45) is 0 Å². The summed E-state index contributed by atoms with van der Waals surface area (Å²) in [6.45, 7) is 6.49. The SMILES string of the molecule is CCCCC(c1cccc2n[nH]nc12)C(C)(C)c1cccc(Cc2c(OC)ccc(C(=O)c3ccccc3)c2O)c1O. The summed E-state index contributed by atoms with van der Waals surface area (Å²) >= 11 is 0. The maximum absolute atomic E-state index is 13.2. The highest BCUT2D eigenvalue weighted by Crippen LogP contribution is 2.47. The van der Waals surface area contributed by atoms with Crippen LogP contribution < -0.4 is 4.74 Å². The second-order valence-corrected chi connectivity index (χ2v) is 11.3. The summed E-state index contributed by atoms with van der Waals surface area (Å²) in [4.78, 5) is 13.2. The van der Waals surface area contributed by atoms with Crippen LogP contribution in [0.5, 0.6) is 17.2 Å². The van der Waals surface area contributed by atoms with E-state index < -0.39 is 5.41 Å². The Labute approximate surface area is 246 Å². The molecule has 0 fully saturated rings. The zero-order valence-corrected chi connectivity index (χ0v) is 24.5. The van der Waals surface area contributed by atoms with Gasteiger partial charge in [0, 0.05) is 28.5 Å². The Kier molecular flexibility index (Phi) is 8.29. The Morgan fingerprint density at radius 1 is 0.929 bits per heavy atom. The molecule has 3 N–H and O–H groups in total. The largest absolute Gasteiger partial charge is 0.507 e. The van der Waals surface area contributed by atoms with Crippen molar-refractivity contribution in [3.8, 4) is 17.2 Å². The van der Waals surface area contributed by atoms with Crippen molar-refractivity contribution in [2.45, 2.75) is 57.8 Å². The second kappa shape index (κ2) is 12.1. The van der Waals surface area contributed by atoms with Gasteiger partial charge in [0.15, 0.2) is 5.78 Å². The standard InChI is InChI=1S/C35H37N3O4/c1-5-6-16-27(24-15-11-18-29-31(24)37-38-36-29)35(2,3)28-17-10-14-23(33(28)40)21-26-30(42-4)20-19-25(34(26)41)32(39)22-12-8-7-9-13-22/h7-15,17-20,27,40-41H,5-6,16,21H2,1-4H3,(H,36,37,38). The van der Waals surface area contributed by atoms with Gasteiger partial charge in [-0.1, -0.05) is 94.3 Å². The first kappa shape index (κ1) is 28.9. The van der Waals surface area contributed by atoms with Crippen LogP contribution in [0.25, 0.3) is 11.0 Å². The average molecular weight is 564 g/mol. The highest BCUT2D eigenvalue weighted by atomic mass is 16.5. The highest BCUT2D eigenvalue weighted by Gasteiger charge is 2.36. The number of benzene rings is 4. The van der Waals surface area contributed by atoms with E-state index in [1.807, 2.05) is 36.4 Å². The molecule has 42 heavy (non-hydrogen) atoms. The number of nitrogens with one attached hydrogen (secondary N) is 1. The molecule has 0 saturated carbocycles. The monoisotopic (exact) mass is 563 g/mol. The van der Waals surface area contributed by atoms with Gasteiger partial charge in [-0.3, -0.25) is 4.79 Å². The number of aromatic hydroxyl groups is 2. The number of H-pyrrole nitrogens is 1. The van der Waals surface area contributed by atoms with Crippen LogP contribution in [0.3, 0.4) is 0 Å². The molecule has 1 unspecified atom stereocenters. The Morgan fingerprint density at radius 3 is 2.43 bits per heavy atom. The van der Waals surface area contributed by atoms with Crippen LogP contribution in [-0.2, 0) is 11.8 Å². The van der Waals surface area contributed by atoms with Gasteiger partial charge in [-0.05, 0) is 41.7 Å². The number of hydrogen-bond acceptors (Lipinski definition) is 6. The minimum Gasteiger partial charge on any atom is -0.507 e. The fourth-order valence-electron chi connectivity index (χ4n) is 6.02. The molecule has 7 heteroatoms. The van der Waals surface area contributed by atoms with E-state index in [1.54, 1.807) is 36.4 Å². The zero-order chi connectivity index (χ0) is 29.9. The van der Waals surface area contributed by atoms with Crippen LogP contribution in [-0.4, -0.2) is 38.5 Å². The van der Waals surface area contributed by atoms with Crippen molar-refractivity contribution in [3.63, 3.8) is 0 Å². The lowest BCUT2D eigenvalue weighted by Gasteiger charge is -2.36. The van der Waals surface area contributed by atoms with E-state index >= 15 is 0 Å².